The highest BCUT2D eigenvalue weighted by atomic mass is 35.5. The molecule has 2 aromatic rings. The van der Waals surface area contributed by atoms with Gasteiger partial charge in [-0.25, -0.2) is 0 Å². The van der Waals surface area contributed by atoms with Crippen molar-refractivity contribution >= 4 is 22.5 Å². The zero-order valence-corrected chi connectivity index (χ0v) is 11.2. The first-order valence-electron chi connectivity index (χ1n) is 6.35. The van der Waals surface area contributed by atoms with Crippen molar-refractivity contribution in [2.75, 3.05) is 13.7 Å². The van der Waals surface area contributed by atoms with E-state index in [1.165, 1.54) is 18.4 Å². The van der Waals surface area contributed by atoms with E-state index in [1.54, 1.807) is 7.11 Å². The summed E-state index contributed by atoms with van der Waals surface area (Å²) in [5, 5.41) is 5.38. The molecule has 0 amide bonds. The number of hydrogen-bond acceptors (Lipinski definition) is 2. The van der Waals surface area contributed by atoms with Gasteiger partial charge < -0.3 is 15.0 Å². The zero-order chi connectivity index (χ0) is 12.5. The predicted octanol–water partition coefficient (Wildman–Crippen LogP) is 3.12. The van der Waals surface area contributed by atoms with Gasteiger partial charge in [0.1, 0.15) is 5.75 Å². The van der Waals surface area contributed by atoms with Crippen molar-refractivity contribution in [1.82, 2.24) is 10.3 Å². The van der Waals surface area contributed by atoms with Crippen molar-refractivity contribution < 1.29 is 4.74 Å². The zero-order valence-electron chi connectivity index (χ0n) is 10.4. The number of ether oxygens (including phenoxy) is 1. The van der Waals surface area contributed by atoms with Crippen LogP contribution >= 0.6 is 11.6 Å². The monoisotopic (exact) mass is 264 g/mol. The lowest BCUT2D eigenvalue weighted by molar-refractivity contribution is 0.419. The van der Waals surface area contributed by atoms with Gasteiger partial charge in [-0.2, -0.15) is 0 Å². The fourth-order valence-corrected chi connectivity index (χ4v) is 2.53. The van der Waals surface area contributed by atoms with E-state index in [4.69, 9.17) is 16.3 Å². The first-order valence-corrected chi connectivity index (χ1v) is 6.73. The van der Waals surface area contributed by atoms with Crippen molar-refractivity contribution in [1.29, 1.82) is 0 Å². The number of hydrogen-bond donors (Lipinski definition) is 2. The maximum atomic E-state index is 6.19. The molecule has 2 N–H and O–H groups in total. The third-order valence-electron chi connectivity index (χ3n) is 3.45. The third-order valence-corrected chi connectivity index (χ3v) is 3.77. The minimum atomic E-state index is 0.743. The Morgan fingerprint density at radius 1 is 1.44 bits per heavy atom. The molecule has 0 bridgehead atoms. The molecule has 1 aromatic heterocycles. The molecule has 1 aromatic carbocycles. The summed E-state index contributed by atoms with van der Waals surface area (Å²) in [4.78, 5) is 3.25. The fourth-order valence-electron chi connectivity index (χ4n) is 2.32. The predicted molar refractivity (Wildman–Crippen MR) is 74.6 cm³/mol. The van der Waals surface area contributed by atoms with Crippen LogP contribution in [0.25, 0.3) is 10.9 Å². The second-order valence-corrected chi connectivity index (χ2v) is 5.20. The first-order chi connectivity index (χ1) is 8.79. The van der Waals surface area contributed by atoms with Gasteiger partial charge in [0, 0.05) is 17.6 Å². The van der Waals surface area contributed by atoms with Crippen LogP contribution in [-0.4, -0.2) is 24.7 Å². The van der Waals surface area contributed by atoms with E-state index in [0.717, 1.165) is 40.7 Å². The van der Waals surface area contributed by atoms with Crippen LogP contribution in [0.15, 0.2) is 18.3 Å². The smallest absolute Gasteiger partial charge is 0.128 e. The Kier molecular flexibility index (Phi) is 3.18. The van der Waals surface area contributed by atoms with Gasteiger partial charge in [-0.3, -0.25) is 0 Å². The number of benzene rings is 1. The first kappa shape index (κ1) is 11.9. The summed E-state index contributed by atoms with van der Waals surface area (Å²) in [6.45, 7) is 1.01. The molecule has 1 aliphatic rings. The molecular formula is C14H17ClN2O. The van der Waals surface area contributed by atoms with Crippen molar-refractivity contribution in [2.24, 2.45) is 0 Å². The summed E-state index contributed by atoms with van der Waals surface area (Å²) in [5.74, 6) is 0.886. The van der Waals surface area contributed by atoms with E-state index in [2.05, 4.69) is 10.3 Å². The van der Waals surface area contributed by atoms with Crippen LogP contribution in [0.2, 0.25) is 5.02 Å². The number of halogens is 1. The van der Waals surface area contributed by atoms with Crippen LogP contribution < -0.4 is 10.1 Å². The van der Waals surface area contributed by atoms with Crippen molar-refractivity contribution in [3.63, 3.8) is 0 Å². The third kappa shape index (κ3) is 2.20. The van der Waals surface area contributed by atoms with Crippen molar-refractivity contribution in [2.45, 2.75) is 25.3 Å². The molecule has 3 nitrogen and oxygen atoms in total. The van der Waals surface area contributed by atoms with Crippen LogP contribution in [-0.2, 0) is 6.42 Å². The lowest BCUT2D eigenvalue weighted by Crippen LogP contribution is -2.19. The molecule has 1 fully saturated rings. The molecule has 1 aliphatic carbocycles. The summed E-state index contributed by atoms with van der Waals surface area (Å²) in [5.41, 5.74) is 2.23. The van der Waals surface area contributed by atoms with Gasteiger partial charge in [0.15, 0.2) is 0 Å². The summed E-state index contributed by atoms with van der Waals surface area (Å²) in [6.07, 6.45) is 5.67. The van der Waals surface area contributed by atoms with E-state index in [-0.39, 0.29) is 0 Å². The van der Waals surface area contributed by atoms with E-state index >= 15 is 0 Å². The molecule has 0 radical (unpaired) electrons. The Hall–Kier alpha value is -1.19. The molecule has 0 atom stereocenters. The van der Waals surface area contributed by atoms with E-state index in [1.807, 2.05) is 18.3 Å². The average molecular weight is 265 g/mol. The number of aromatic amines is 1. The Morgan fingerprint density at radius 2 is 2.28 bits per heavy atom. The SMILES string of the molecule is COc1ccc(Cl)c2[nH]cc(CCNC3CC3)c12. The maximum Gasteiger partial charge on any atom is 0.128 e. The van der Waals surface area contributed by atoms with Gasteiger partial charge in [0.25, 0.3) is 0 Å². The molecule has 96 valence electrons. The quantitative estimate of drug-likeness (QED) is 0.871. The normalized spacial score (nSPS) is 15.2. The Labute approximate surface area is 111 Å². The highest BCUT2D eigenvalue weighted by molar-refractivity contribution is 6.35. The number of aromatic nitrogens is 1. The number of H-pyrrole nitrogens is 1. The minimum Gasteiger partial charge on any atom is -0.496 e. The van der Waals surface area contributed by atoms with Crippen LogP contribution in [0.4, 0.5) is 0 Å². The van der Waals surface area contributed by atoms with Gasteiger partial charge >= 0.3 is 0 Å². The number of nitrogens with one attached hydrogen (secondary N) is 2. The molecule has 1 saturated carbocycles. The van der Waals surface area contributed by atoms with Crippen molar-refractivity contribution in [3.05, 3.63) is 28.9 Å². The van der Waals surface area contributed by atoms with Gasteiger partial charge in [-0.1, -0.05) is 11.6 Å². The second kappa shape index (κ2) is 4.82. The topological polar surface area (TPSA) is 37.0 Å². The molecule has 18 heavy (non-hydrogen) atoms. The van der Waals surface area contributed by atoms with Gasteiger partial charge in [-0.15, -0.1) is 0 Å². The Balaban J connectivity index is 1.87. The summed E-state index contributed by atoms with van der Waals surface area (Å²) in [7, 11) is 1.70. The second-order valence-electron chi connectivity index (χ2n) is 4.79. The highest BCUT2D eigenvalue weighted by Gasteiger charge is 2.20. The molecule has 0 unspecified atom stereocenters. The molecule has 0 aliphatic heterocycles. The molecule has 3 rings (SSSR count). The lowest BCUT2D eigenvalue weighted by atomic mass is 10.1. The van der Waals surface area contributed by atoms with Gasteiger partial charge in [0.05, 0.1) is 17.6 Å². The minimum absolute atomic E-state index is 0.743. The number of methoxy groups -OCH3 is 1. The fraction of sp³-hybridized carbons (Fsp3) is 0.429. The molecule has 4 heteroatoms. The van der Waals surface area contributed by atoms with Gasteiger partial charge in [0.2, 0.25) is 0 Å². The molecular weight excluding hydrogens is 248 g/mol. The standard InChI is InChI=1S/C14H17ClN2O/c1-18-12-5-4-11(15)14-13(12)9(8-17-14)6-7-16-10-2-3-10/h4-5,8,10,16-17H,2-3,6-7H2,1H3. The molecule has 1 heterocycles. The Bertz CT molecular complexity index is 560. The summed E-state index contributed by atoms with van der Waals surface area (Å²) in [6, 6.07) is 4.54. The van der Waals surface area contributed by atoms with Crippen LogP contribution in [0.5, 0.6) is 5.75 Å². The van der Waals surface area contributed by atoms with E-state index in [9.17, 15) is 0 Å². The summed E-state index contributed by atoms with van der Waals surface area (Å²) >= 11 is 6.19. The molecule has 0 saturated heterocycles. The Morgan fingerprint density at radius 3 is 3.00 bits per heavy atom. The molecule has 0 spiro atoms. The number of fused-ring (bicyclic) bond motifs is 1. The average Bonchev–Trinajstić information content (AvgIpc) is 3.10. The largest absolute Gasteiger partial charge is 0.496 e. The van der Waals surface area contributed by atoms with E-state index in [0.29, 0.717) is 0 Å². The van der Waals surface area contributed by atoms with Gasteiger partial charge in [-0.05, 0) is 43.5 Å². The summed E-state index contributed by atoms with van der Waals surface area (Å²) < 4.78 is 5.42. The maximum absolute atomic E-state index is 6.19. The lowest BCUT2D eigenvalue weighted by Gasteiger charge is -2.06. The van der Waals surface area contributed by atoms with Crippen LogP contribution in [0, 0.1) is 0 Å². The van der Waals surface area contributed by atoms with Crippen LogP contribution in [0.1, 0.15) is 18.4 Å². The van der Waals surface area contributed by atoms with Crippen molar-refractivity contribution in [3.8, 4) is 5.75 Å². The van der Waals surface area contributed by atoms with E-state index < -0.39 is 0 Å². The number of rotatable bonds is 5. The van der Waals surface area contributed by atoms with Crippen LogP contribution in [0.3, 0.4) is 0 Å². The highest BCUT2D eigenvalue weighted by Crippen LogP contribution is 2.33.